The Labute approximate surface area is 162 Å². The van der Waals surface area contributed by atoms with E-state index < -0.39 is 0 Å². The van der Waals surface area contributed by atoms with Crippen LogP contribution >= 0.6 is 11.8 Å². The van der Waals surface area contributed by atoms with Crippen LogP contribution in [-0.2, 0) is 11.2 Å². The Kier molecular flexibility index (Phi) is 5.16. The van der Waals surface area contributed by atoms with Gasteiger partial charge in [0.15, 0.2) is 0 Å². The summed E-state index contributed by atoms with van der Waals surface area (Å²) in [6.07, 6.45) is 2.75. The molecule has 4 rings (SSSR count). The van der Waals surface area contributed by atoms with Gasteiger partial charge in [0.05, 0.1) is 12.2 Å². The molecule has 3 aromatic rings. The number of nitrogens with zero attached hydrogens (tertiary/aromatic N) is 1. The lowest BCUT2D eigenvalue weighted by Gasteiger charge is -2.08. The lowest BCUT2D eigenvalue weighted by atomic mass is 10.1. The fraction of sp³-hybridized carbons (Fsp3) is 0.238. The molecule has 1 aromatic heterocycles. The monoisotopic (exact) mass is 379 g/mol. The van der Waals surface area contributed by atoms with Crippen molar-refractivity contribution in [3.63, 3.8) is 0 Å². The van der Waals surface area contributed by atoms with Crippen LogP contribution in [0, 0.1) is 0 Å². The molecule has 0 unspecified atom stereocenters. The molecule has 1 aliphatic rings. The van der Waals surface area contributed by atoms with Crippen molar-refractivity contribution in [3.8, 4) is 5.75 Å². The molecule has 0 aliphatic carbocycles. The van der Waals surface area contributed by atoms with Crippen molar-refractivity contribution in [2.24, 2.45) is 4.99 Å². The van der Waals surface area contributed by atoms with E-state index in [2.05, 4.69) is 15.3 Å². The van der Waals surface area contributed by atoms with Gasteiger partial charge in [-0.25, -0.2) is 0 Å². The standard InChI is InChI=1S/C21H21N3O2S/c1-26-16-7-8-18-17(11-16)15(12-23-18)9-10-22-20(25)19-13-27-21(24-19)14-5-3-2-4-6-14/h2-8,11-12,19,23H,9-10,13H2,1H3,(H,22,25)/t19-/m0/s1. The van der Waals surface area contributed by atoms with E-state index >= 15 is 0 Å². The molecular formula is C21H21N3O2S. The Morgan fingerprint density at radius 1 is 1.30 bits per heavy atom. The number of carbonyl (C=O) groups excluding carboxylic acids is 1. The van der Waals surface area contributed by atoms with E-state index in [0.29, 0.717) is 12.3 Å². The molecule has 5 nitrogen and oxygen atoms in total. The number of aromatic nitrogens is 1. The second-order valence-electron chi connectivity index (χ2n) is 6.39. The number of hydrogen-bond donors (Lipinski definition) is 2. The van der Waals surface area contributed by atoms with Gasteiger partial charge in [-0.3, -0.25) is 9.79 Å². The number of fused-ring (bicyclic) bond motifs is 1. The van der Waals surface area contributed by atoms with E-state index in [4.69, 9.17) is 4.74 Å². The number of nitrogens with one attached hydrogen (secondary N) is 2. The molecule has 0 bridgehead atoms. The summed E-state index contributed by atoms with van der Waals surface area (Å²) in [5, 5.41) is 5.10. The summed E-state index contributed by atoms with van der Waals surface area (Å²) in [4.78, 5) is 20.3. The van der Waals surface area contributed by atoms with E-state index in [-0.39, 0.29) is 11.9 Å². The smallest absolute Gasteiger partial charge is 0.245 e. The van der Waals surface area contributed by atoms with Crippen molar-refractivity contribution < 1.29 is 9.53 Å². The fourth-order valence-electron chi connectivity index (χ4n) is 3.18. The van der Waals surface area contributed by atoms with Gasteiger partial charge in [0.25, 0.3) is 0 Å². The first kappa shape index (κ1) is 17.7. The lowest BCUT2D eigenvalue weighted by molar-refractivity contribution is -0.121. The Hall–Kier alpha value is -2.73. The number of methoxy groups -OCH3 is 1. The molecule has 1 amide bonds. The number of hydrogen-bond acceptors (Lipinski definition) is 4. The first-order valence-electron chi connectivity index (χ1n) is 8.92. The summed E-state index contributed by atoms with van der Waals surface area (Å²) in [6.45, 7) is 0.584. The van der Waals surface area contributed by atoms with E-state index in [1.807, 2.05) is 54.7 Å². The second-order valence-corrected chi connectivity index (χ2v) is 7.40. The van der Waals surface area contributed by atoms with Crippen molar-refractivity contribution in [2.75, 3.05) is 19.4 Å². The maximum Gasteiger partial charge on any atom is 0.245 e. The van der Waals surface area contributed by atoms with Gasteiger partial charge in [-0.2, -0.15) is 0 Å². The van der Waals surface area contributed by atoms with Gasteiger partial charge < -0.3 is 15.0 Å². The predicted molar refractivity (Wildman–Crippen MR) is 111 cm³/mol. The summed E-state index contributed by atoms with van der Waals surface area (Å²) < 4.78 is 5.30. The predicted octanol–water partition coefficient (Wildman–Crippen LogP) is 3.40. The zero-order valence-corrected chi connectivity index (χ0v) is 15.9. The zero-order valence-electron chi connectivity index (χ0n) is 15.1. The molecule has 1 atom stereocenters. The Bertz CT molecular complexity index is 982. The van der Waals surface area contributed by atoms with Crippen LogP contribution in [0.2, 0.25) is 0 Å². The number of carbonyl (C=O) groups is 1. The molecule has 0 saturated heterocycles. The van der Waals surface area contributed by atoms with Crippen LogP contribution in [0.25, 0.3) is 10.9 Å². The van der Waals surface area contributed by atoms with Crippen LogP contribution in [0.1, 0.15) is 11.1 Å². The maximum absolute atomic E-state index is 12.5. The third kappa shape index (κ3) is 3.85. The van der Waals surface area contributed by atoms with Gasteiger partial charge in [0, 0.05) is 35.0 Å². The number of benzene rings is 2. The van der Waals surface area contributed by atoms with Crippen LogP contribution in [0.5, 0.6) is 5.75 Å². The number of rotatable bonds is 6. The molecule has 6 heteroatoms. The van der Waals surface area contributed by atoms with Crippen molar-refractivity contribution in [1.29, 1.82) is 0 Å². The minimum atomic E-state index is -0.312. The van der Waals surface area contributed by atoms with Crippen molar-refractivity contribution in [1.82, 2.24) is 10.3 Å². The van der Waals surface area contributed by atoms with Crippen molar-refractivity contribution in [3.05, 3.63) is 65.9 Å². The van der Waals surface area contributed by atoms with Gasteiger partial charge in [-0.1, -0.05) is 30.3 Å². The van der Waals surface area contributed by atoms with Crippen LogP contribution in [0.3, 0.4) is 0 Å². The van der Waals surface area contributed by atoms with Crippen LogP contribution in [0.4, 0.5) is 0 Å². The fourth-order valence-corrected chi connectivity index (χ4v) is 4.22. The number of thioether (sulfide) groups is 1. The number of aliphatic imine (C=N–C) groups is 1. The highest BCUT2D eigenvalue weighted by atomic mass is 32.2. The van der Waals surface area contributed by atoms with E-state index in [1.165, 1.54) is 5.56 Å². The zero-order chi connectivity index (χ0) is 18.6. The quantitative estimate of drug-likeness (QED) is 0.690. The molecule has 2 N–H and O–H groups in total. The molecule has 2 aromatic carbocycles. The van der Waals surface area contributed by atoms with Crippen LogP contribution in [-0.4, -0.2) is 41.4 Å². The summed E-state index contributed by atoms with van der Waals surface area (Å²) in [5.74, 6) is 1.52. The van der Waals surface area contributed by atoms with Gasteiger partial charge in [0.2, 0.25) is 5.91 Å². The van der Waals surface area contributed by atoms with Gasteiger partial charge in [0.1, 0.15) is 11.8 Å². The topological polar surface area (TPSA) is 66.5 Å². The molecule has 0 saturated carbocycles. The highest BCUT2D eigenvalue weighted by molar-refractivity contribution is 8.14. The highest BCUT2D eigenvalue weighted by Gasteiger charge is 2.25. The number of ether oxygens (including phenoxy) is 1. The van der Waals surface area contributed by atoms with E-state index in [0.717, 1.165) is 33.7 Å². The van der Waals surface area contributed by atoms with Crippen LogP contribution in [0.15, 0.2) is 59.7 Å². The molecular weight excluding hydrogens is 358 g/mol. The molecule has 0 spiro atoms. The number of amides is 1. The third-order valence-corrected chi connectivity index (χ3v) is 5.74. The van der Waals surface area contributed by atoms with E-state index in [9.17, 15) is 4.79 Å². The Morgan fingerprint density at radius 2 is 2.15 bits per heavy atom. The normalized spacial score (nSPS) is 16.3. The molecule has 27 heavy (non-hydrogen) atoms. The van der Waals surface area contributed by atoms with Gasteiger partial charge in [-0.15, -0.1) is 11.8 Å². The first-order chi connectivity index (χ1) is 13.2. The molecule has 0 radical (unpaired) electrons. The average Bonchev–Trinajstić information content (AvgIpc) is 3.36. The number of aromatic amines is 1. The SMILES string of the molecule is COc1ccc2[nH]cc(CCNC(=O)[C@@H]3CSC(c4ccccc4)=N3)c2c1. The summed E-state index contributed by atoms with van der Waals surface area (Å²) in [5.41, 5.74) is 3.31. The molecule has 0 fully saturated rings. The molecule has 138 valence electrons. The Morgan fingerprint density at radius 3 is 2.96 bits per heavy atom. The summed E-state index contributed by atoms with van der Waals surface area (Å²) >= 11 is 1.64. The first-order valence-corrected chi connectivity index (χ1v) is 9.91. The van der Waals surface area contributed by atoms with Gasteiger partial charge >= 0.3 is 0 Å². The van der Waals surface area contributed by atoms with E-state index in [1.54, 1.807) is 18.9 Å². The second kappa shape index (κ2) is 7.88. The minimum absolute atomic E-state index is 0.00847. The van der Waals surface area contributed by atoms with Crippen molar-refractivity contribution in [2.45, 2.75) is 12.5 Å². The Balaban J connectivity index is 1.36. The summed E-state index contributed by atoms with van der Waals surface area (Å²) in [7, 11) is 1.66. The number of H-pyrrole nitrogens is 1. The van der Waals surface area contributed by atoms with Crippen molar-refractivity contribution >= 4 is 33.6 Å². The lowest BCUT2D eigenvalue weighted by Crippen LogP contribution is -2.35. The highest BCUT2D eigenvalue weighted by Crippen LogP contribution is 2.25. The molecule has 2 heterocycles. The maximum atomic E-state index is 12.5. The van der Waals surface area contributed by atoms with Crippen LogP contribution < -0.4 is 10.1 Å². The minimum Gasteiger partial charge on any atom is -0.497 e. The van der Waals surface area contributed by atoms with Gasteiger partial charge in [-0.05, 0) is 30.2 Å². The average molecular weight is 379 g/mol. The largest absolute Gasteiger partial charge is 0.497 e. The summed E-state index contributed by atoms with van der Waals surface area (Å²) in [6, 6.07) is 15.7. The molecule has 1 aliphatic heterocycles. The third-order valence-electron chi connectivity index (χ3n) is 4.64.